The lowest BCUT2D eigenvalue weighted by molar-refractivity contribution is 0.306. The number of hydrogen-bond acceptors (Lipinski definition) is 2. The van der Waals surface area contributed by atoms with Gasteiger partial charge in [0, 0.05) is 20.7 Å². The van der Waals surface area contributed by atoms with Crippen molar-refractivity contribution < 1.29 is 4.74 Å². The number of anilines is 1. The van der Waals surface area contributed by atoms with Gasteiger partial charge in [-0.1, -0.05) is 40.5 Å². The third kappa shape index (κ3) is 3.64. The van der Waals surface area contributed by atoms with Crippen LogP contribution in [0.1, 0.15) is 18.1 Å². The number of hydrogen-bond donors (Lipinski definition) is 1. The molecule has 0 atom stereocenters. The number of nitrogen functional groups attached to an aromatic ring is 1. The van der Waals surface area contributed by atoms with Crippen LogP contribution in [-0.4, -0.2) is 0 Å². The first kappa shape index (κ1) is 14.2. The van der Waals surface area contributed by atoms with Crippen molar-refractivity contribution in [2.75, 3.05) is 5.73 Å². The summed E-state index contributed by atoms with van der Waals surface area (Å²) in [5.74, 6) is 0.809. The topological polar surface area (TPSA) is 35.2 Å². The maximum Gasteiger partial charge on any atom is 0.120 e. The quantitative estimate of drug-likeness (QED) is 0.809. The zero-order chi connectivity index (χ0) is 13.8. The number of halogens is 2. The van der Waals surface area contributed by atoms with Gasteiger partial charge in [-0.05, 0) is 42.3 Å². The number of rotatable bonds is 4. The van der Waals surface area contributed by atoms with Crippen molar-refractivity contribution in [1.29, 1.82) is 0 Å². The summed E-state index contributed by atoms with van der Waals surface area (Å²) in [7, 11) is 0. The Balaban J connectivity index is 2.10. The first-order valence-electron chi connectivity index (χ1n) is 6.05. The largest absolute Gasteiger partial charge is 0.489 e. The molecule has 0 aromatic heterocycles. The van der Waals surface area contributed by atoms with Crippen molar-refractivity contribution in [3.05, 3.63) is 57.0 Å². The Morgan fingerprint density at radius 2 is 1.95 bits per heavy atom. The SMILES string of the molecule is CCc1cc(OCc2ccc(Br)cc2N)ccc1Cl. The highest BCUT2D eigenvalue weighted by Crippen LogP contribution is 2.24. The third-order valence-corrected chi connectivity index (χ3v) is 3.76. The molecule has 0 saturated heterocycles. The lowest BCUT2D eigenvalue weighted by Crippen LogP contribution is -2.00. The Bertz CT molecular complexity index is 586. The van der Waals surface area contributed by atoms with E-state index in [1.165, 1.54) is 0 Å². The molecule has 2 rings (SSSR count). The summed E-state index contributed by atoms with van der Waals surface area (Å²) in [4.78, 5) is 0. The summed E-state index contributed by atoms with van der Waals surface area (Å²) in [6.07, 6.45) is 0.885. The zero-order valence-electron chi connectivity index (χ0n) is 10.6. The van der Waals surface area contributed by atoms with Gasteiger partial charge in [0.05, 0.1) is 0 Å². The molecule has 0 fully saturated rings. The molecular formula is C15H15BrClNO. The number of aryl methyl sites for hydroxylation is 1. The van der Waals surface area contributed by atoms with Gasteiger partial charge in [-0.15, -0.1) is 0 Å². The highest BCUT2D eigenvalue weighted by Gasteiger charge is 2.04. The molecule has 100 valence electrons. The van der Waals surface area contributed by atoms with Crippen LogP contribution in [0.15, 0.2) is 40.9 Å². The summed E-state index contributed by atoms with van der Waals surface area (Å²) in [6.45, 7) is 2.52. The number of nitrogens with two attached hydrogens (primary N) is 1. The summed E-state index contributed by atoms with van der Waals surface area (Å²) in [5, 5.41) is 0.776. The summed E-state index contributed by atoms with van der Waals surface area (Å²) in [6, 6.07) is 11.5. The molecule has 0 radical (unpaired) electrons. The molecule has 0 saturated carbocycles. The van der Waals surface area contributed by atoms with Crippen LogP contribution in [-0.2, 0) is 13.0 Å². The molecule has 2 aromatic rings. The van der Waals surface area contributed by atoms with Gasteiger partial charge in [0.1, 0.15) is 12.4 Å². The molecule has 0 aliphatic heterocycles. The minimum atomic E-state index is 0.448. The Kier molecular flexibility index (Phi) is 4.72. The molecule has 4 heteroatoms. The van der Waals surface area contributed by atoms with Crippen LogP contribution in [0.3, 0.4) is 0 Å². The van der Waals surface area contributed by atoms with Crippen LogP contribution in [0.25, 0.3) is 0 Å². The molecule has 0 aliphatic carbocycles. The minimum absolute atomic E-state index is 0.448. The fraction of sp³-hybridized carbons (Fsp3) is 0.200. The van der Waals surface area contributed by atoms with Gasteiger partial charge < -0.3 is 10.5 Å². The van der Waals surface area contributed by atoms with Gasteiger partial charge in [0.15, 0.2) is 0 Å². The number of benzene rings is 2. The molecule has 2 nitrogen and oxygen atoms in total. The average molecular weight is 341 g/mol. The van der Waals surface area contributed by atoms with Crippen LogP contribution in [0.5, 0.6) is 5.75 Å². The monoisotopic (exact) mass is 339 g/mol. The van der Waals surface area contributed by atoms with E-state index in [1.807, 2.05) is 36.4 Å². The van der Waals surface area contributed by atoms with Crippen molar-refractivity contribution in [2.24, 2.45) is 0 Å². The van der Waals surface area contributed by atoms with E-state index < -0.39 is 0 Å². The lowest BCUT2D eigenvalue weighted by atomic mass is 10.1. The molecule has 0 heterocycles. The predicted octanol–water partition coefficient (Wildman–Crippen LogP) is 4.83. The average Bonchev–Trinajstić information content (AvgIpc) is 2.39. The van der Waals surface area contributed by atoms with Gasteiger partial charge in [0.2, 0.25) is 0 Å². The molecule has 2 aromatic carbocycles. The highest BCUT2D eigenvalue weighted by molar-refractivity contribution is 9.10. The maximum absolute atomic E-state index is 6.08. The molecule has 0 amide bonds. The van der Waals surface area contributed by atoms with Crippen LogP contribution >= 0.6 is 27.5 Å². The zero-order valence-corrected chi connectivity index (χ0v) is 13.0. The van der Waals surface area contributed by atoms with E-state index in [4.69, 9.17) is 22.1 Å². The van der Waals surface area contributed by atoms with E-state index in [9.17, 15) is 0 Å². The van der Waals surface area contributed by atoms with Crippen molar-refractivity contribution in [3.8, 4) is 5.75 Å². The highest BCUT2D eigenvalue weighted by atomic mass is 79.9. The molecule has 0 unspecified atom stereocenters. The minimum Gasteiger partial charge on any atom is -0.489 e. The Labute approximate surface area is 126 Å². The van der Waals surface area contributed by atoms with E-state index in [0.29, 0.717) is 6.61 Å². The fourth-order valence-corrected chi connectivity index (χ4v) is 2.40. The smallest absolute Gasteiger partial charge is 0.120 e. The second-order valence-electron chi connectivity index (χ2n) is 4.24. The Morgan fingerprint density at radius 1 is 1.16 bits per heavy atom. The molecule has 0 spiro atoms. The summed E-state index contributed by atoms with van der Waals surface area (Å²) < 4.78 is 6.72. The van der Waals surface area contributed by atoms with Crippen LogP contribution in [0.4, 0.5) is 5.69 Å². The molecular weight excluding hydrogens is 326 g/mol. The molecule has 19 heavy (non-hydrogen) atoms. The second kappa shape index (κ2) is 6.31. The van der Waals surface area contributed by atoms with Crippen molar-refractivity contribution in [1.82, 2.24) is 0 Å². The molecule has 0 aliphatic rings. The standard InChI is InChI=1S/C15H15BrClNO/c1-2-10-7-13(5-6-14(10)17)19-9-11-3-4-12(16)8-15(11)18/h3-8H,2,9,18H2,1H3. The maximum atomic E-state index is 6.08. The van der Waals surface area contributed by atoms with Gasteiger partial charge in [-0.3, -0.25) is 0 Å². The van der Waals surface area contributed by atoms with Crippen LogP contribution in [0.2, 0.25) is 5.02 Å². The number of ether oxygens (including phenoxy) is 1. The third-order valence-electron chi connectivity index (χ3n) is 2.90. The van der Waals surface area contributed by atoms with Gasteiger partial charge in [-0.25, -0.2) is 0 Å². The second-order valence-corrected chi connectivity index (χ2v) is 5.56. The normalized spacial score (nSPS) is 10.5. The van der Waals surface area contributed by atoms with E-state index in [1.54, 1.807) is 0 Å². The van der Waals surface area contributed by atoms with Crippen molar-refractivity contribution >= 4 is 33.2 Å². The van der Waals surface area contributed by atoms with E-state index in [-0.39, 0.29) is 0 Å². The lowest BCUT2D eigenvalue weighted by Gasteiger charge is -2.10. The first-order valence-corrected chi connectivity index (χ1v) is 7.22. The van der Waals surface area contributed by atoms with Crippen LogP contribution < -0.4 is 10.5 Å². The first-order chi connectivity index (χ1) is 9.10. The van der Waals surface area contributed by atoms with Gasteiger partial charge in [0.25, 0.3) is 0 Å². The van der Waals surface area contributed by atoms with E-state index in [0.717, 1.165) is 38.5 Å². The van der Waals surface area contributed by atoms with Crippen molar-refractivity contribution in [3.63, 3.8) is 0 Å². The summed E-state index contributed by atoms with van der Waals surface area (Å²) >= 11 is 9.46. The van der Waals surface area contributed by atoms with Gasteiger partial charge >= 0.3 is 0 Å². The predicted molar refractivity (Wildman–Crippen MR) is 83.7 cm³/mol. The molecule has 2 N–H and O–H groups in total. The van der Waals surface area contributed by atoms with E-state index >= 15 is 0 Å². The Hall–Kier alpha value is -1.19. The fourth-order valence-electron chi connectivity index (χ4n) is 1.77. The van der Waals surface area contributed by atoms with Gasteiger partial charge in [-0.2, -0.15) is 0 Å². The van der Waals surface area contributed by atoms with E-state index in [2.05, 4.69) is 22.9 Å². The summed E-state index contributed by atoms with van der Waals surface area (Å²) in [5.41, 5.74) is 8.71. The molecule has 0 bridgehead atoms. The van der Waals surface area contributed by atoms with Crippen LogP contribution in [0, 0.1) is 0 Å². The van der Waals surface area contributed by atoms with Crippen molar-refractivity contribution in [2.45, 2.75) is 20.0 Å². The Morgan fingerprint density at radius 3 is 2.63 bits per heavy atom.